The summed E-state index contributed by atoms with van der Waals surface area (Å²) in [5.74, 6) is -9.97. The van der Waals surface area contributed by atoms with Crippen molar-refractivity contribution >= 4 is 0 Å². The lowest BCUT2D eigenvalue weighted by atomic mass is 10.1. The van der Waals surface area contributed by atoms with Crippen LogP contribution in [0.1, 0.15) is 5.56 Å². The van der Waals surface area contributed by atoms with E-state index in [1.165, 1.54) is 0 Å². The molecular formula is C8H5F5O. The van der Waals surface area contributed by atoms with Crippen molar-refractivity contribution in [1.29, 1.82) is 0 Å². The van der Waals surface area contributed by atoms with Crippen LogP contribution in [0, 0.1) is 29.1 Å². The molecule has 1 aromatic rings. The monoisotopic (exact) mass is 212 g/mol. The van der Waals surface area contributed by atoms with Gasteiger partial charge in [-0.2, -0.15) is 0 Å². The van der Waals surface area contributed by atoms with Gasteiger partial charge in [0.25, 0.3) is 0 Å². The molecule has 0 heterocycles. The number of benzene rings is 1. The van der Waals surface area contributed by atoms with Crippen LogP contribution in [-0.4, -0.2) is 11.7 Å². The van der Waals surface area contributed by atoms with Gasteiger partial charge in [0.2, 0.25) is 5.82 Å². The Morgan fingerprint density at radius 1 is 0.714 bits per heavy atom. The third-order valence-corrected chi connectivity index (χ3v) is 1.66. The van der Waals surface area contributed by atoms with Crippen LogP contribution in [0.3, 0.4) is 0 Å². The standard InChI is InChI=1S/C8H5F5O/c9-4-3(1-2-14)5(10)7(12)8(13)6(4)11/h14H,1-2H2. The molecule has 1 aromatic carbocycles. The van der Waals surface area contributed by atoms with E-state index in [0.717, 1.165) is 0 Å². The van der Waals surface area contributed by atoms with Crippen LogP contribution < -0.4 is 0 Å². The van der Waals surface area contributed by atoms with Crippen molar-refractivity contribution < 1.29 is 27.1 Å². The molecule has 0 atom stereocenters. The van der Waals surface area contributed by atoms with Crippen LogP contribution in [0.15, 0.2) is 0 Å². The molecule has 0 aliphatic carbocycles. The molecule has 0 saturated carbocycles. The van der Waals surface area contributed by atoms with Gasteiger partial charge < -0.3 is 5.11 Å². The van der Waals surface area contributed by atoms with Gasteiger partial charge in [0.1, 0.15) is 0 Å². The van der Waals surface area contributed by atoms with E-state index >= 15 is 0 Å². The van der Waals surface area contributed by atoms with E-state index in [2.05, 4.69) is 0 Å². The largest absolute Gasteiger partial charge is 0.396 e. The van der Waals surface area contributed by atoms with E-state index in [9.17, 15) is 22.0 Å². The summed E-state index contributed by atoms with van der Waals surface area (Å²) >= 11 is 0. The first-order valence-corrected chi connectivity index (χ1v) is 3.61. The molecule has 1 N–H and O–H groups in total. The summed E-state index contributed by atoms with van der Waals surface area (Å²) < 4.78 is 62.9. The topological polar surface area (TPSA) is 20.2 Å². The molecule has 0 aromatic heterocycles. The molecule has 78 valence electrons. The lowest BCUT2D eigenvalue weighted by Gasteiger charge is -2.05. The quantitative estimate of drug-likeness (QED) is 0.451. The molecule has 0 fully saturated rings. The van der Waals surface area contributed by atoms with Crippen LogP contribution in [0.2, 0.25) is 0 Å². The van der Waals surface area contributed by atoms with Crippen molar-refractivity contribution in [3.05, 3.63) is 34.6 Å². The second-order valence-corrected chi connectivity index (χ2v) is 2.52. The van der Waals surface area contributed by atoms with E-state index in [-0.39, 0.29) is 0 Å². The summed E-state index contributed by atoms with van der Waals surface area (Å²) in [5.41, 5.74) is -0.996. The fraction of sp³-hybridized carbons (Fsp3) is 0.250. The summed E-state index contributed by atoms with van der Waals surface area (Å²) in [7, 11) is 0. The smallest absolute Gasteiger partial charge is 0.200 e. The Kier molecular flexibility index (Phi) is 3.05. The van der Waals surface area contributed by atoms with Gasteiger partial charge in [-0.3, -0.25) is 0 Å². The summed E-state index contributed by atoms with van der Waals surface area (Å²) in [6, 6.07) is 0. The average Bonchev–Trinajstić information content (AvgIpc) is 2.19. The minimum absolute atomic E-state index is 0.619. The summed E-state index contributed by atoms with van der Waals surface area (Å²) in [6.07, 6.45) is -0.619. The van der Waals surface area contributed by atoms with Crippen molar-refractivity contribution in [1.82, 2.24) is 0 Å². The molecule has 1 rings (SSSR count). The maximum absolute atomic E-state index is 12.8. The zero-order valence-electron chi connectivity index (χ0n) is 6.75. The number of aliphatic hydroxyl groups is 1. The zero-order valence-corrected chi connectivity index (χ0v) is 6.75. The van der Waals surface area contributed by atoms with Crippen molar-refractivity contribution in [2.75, 3.05) is 6.61 Å². The van der Waals surface area contributed by atoms with Gasteiger partial charge >= 0.3 is 0 Å². The van der Waals surface area contributed by atoms with Gasteiger partial charge in [-0.05, 0) is 0 Å². The summed E-state index contributed by atoms with van der Waals surface area (Å²) in [6.45, 7) is -0.696. The number of rotatable bonds is 2. The average molecular weight is 212 g/mol. The summed E-state index contributed by atoms with van der Waals surface area (Å²) in [4.78, 5) is 0. The maximum Gasteiger partial charge on any atom is 0.200 e. The van der Waals surface area contributed by atoms with E-state index in [4.69, 9.17) is 5.11 Å². The van der Waals surface area contributed by atoms with Crippen molar-refractivity contribution in [2.24, 2.45) is 0 Å². The Morgan fingerprint density at radius 3 is 1.43 bits per heavy atom. The van der Waals surface area contributed by atoms with Gasteiger partial charge in [0, 0.05) is 18.6 Å². The van der Waals surface area contributed by atoms with Crippen LogP contribution >= 0.6 is 0 Å². The van der Waals surface area contributed by atoms with Crippen LogP contribution in [-0.2, 0) is 6.42 Å². The summed E-state index contributed by atoms with van der Waals surface area (Å²) in [5, 5.41) is 8.35. The molecule has 6 heteroatoms. The van der Waals surface area contributed by atoms with Crippen LogP contribution in [0.4, 0.5) is 22.0 Å². The first-order chi connectivity index (χ1) is 6.50. The van der Waals surface area contributed by atoms with Crippen molar-refractivity contribution in [3.63, 3.8) is 0 Å². The predicted octanol–water partition coefficient (Wildman–Crippen LogP) is 1.92. The minimum atomic E-state index is -2.19. The van der Waals surface area contributed by atoms with Gasteiger partial charge in [-0.25, -0.2) is 22.0 Å². The Labute approximate surface area is 75.8 Å². The Bertz CT molecular complexity index is 334. The maximum atomic E-state index is 12.8. The molecular weight excluding hydrogens is 207 g/mol. The zero-order chi connectivity index (χ0) is 10.9. The SMILES string of the molecule is OCCc1c(F)c(F)c(F)c(F)c1F. The van der Waals surface area contributed by atoms with Gasteiger partial charge in [-0.15, -0.1) is 0 Å². The van der Waals surface area contributed by atoms with Crippen LogP contribution in [0.25, 0.3) is 0 Å². The molecule has 0 unspecified atom stereocenters. The lowest BCUT2D eigenvalue weighted by molar-refractivity contribution is 0.290. The minimum Gasteiger partial charge on any atom is -0.396 e. The second kappa shape index (κ2) is 3.91. The van der Waals surface area contributed by atoms with E-state index in [1.54, 1.807) is 0 Å². The van der Waals surface area contributed by atoms with E-state index in [1.807, 2.05) is 0 Å². The Balaban J connectivity index is 3.43. The van der Waals surface area contributed by atoms with Gasteiger partial charge in [-0.1, -0.05) is 0 Å². The lowest BCUT2D eigenvalue weighted by Crippen LogP contribution is -2.08. The molecule has 0 aliphatic rings. The number of hydrogen-bond donors (Lipinski definition) is 1. The highest BCUT2D eigenvalue weighted by molar-refractivity contribution is 5.24. The van der Waals surface area contributed by atoms with Gasteiger partial charge in [0.05, 0.1) is 0 Å². The number of halogens is 5. The van der Waals surface area contributed by atoms with Crippen LogP contribution in [0.5, 0.6) is 0 Å². The van der Waals surface area contributed by atoms with Gasteiger partial charge in [0.15, 0.2) is 23.3 Å². The molecule has 1 nitrogen and oxygen atoms in total. The van der Waals surface area contributed by atoms with Crippen molar-refractivity contribution in [3.8, 4) is 0 Å². The molecule has 0 radical (unpaired) electrons. The third kappa shape index (κ3) is 1.57. The molecule has 14 heavy (non-hydrogen) atoms. The highest BCUT2D eigenvalue weighted by Crippen LogP contribution is 2.22. The Hall–Kier alpha value is -1.17. The Morgan fingerprint density at radius 2 is 1.07 bits per heavy atom. The fourth-order valence-electron chi connectivity index (χ4n) is 0.982. The highest BCUT2D eigenvalue weighted by Gasteiger charge is 2.24. The van der Waals surface area contributed by atoms with E-state index < -0.39 is 47.7 Å². The molecule has 0 spiro atoms. The third-order valence-electron chi connectivity index (χ3n) is 1.66. The fourth-order valence-corrected chi connectivity index (χ4v) is 0.982. The normalized spacial score (nSPS) is 10.7. The molecule has 0 bridgehead atoms. The molecule has 0 saturated heterocycles. The number of aliphatic hydroxyl groups excluding tert-OH is 1. The number of hydrogen-bond acceptors (Lipinski definition) is 1. The molecule has 0 aliphatic heterocycles. The van der Waals surface area contributed by atoms with E-state index in [0.29, 0.717) is 0 Å². The highest BCUT2D eigenvalue weighted by atomic mass is 19.2. The second-order valence-electron chi connectivity index (χ2n) is 2.52. The first-order valence-electron chi connectivity index (χ1n) is 3.61. The van der Waals surface area contributed by atoms with Crippen molar-refractivity contribution in [2.45, 2.75) is 6.42 Å². The first kappa shape index (κ1) is 10.9. The predicted molar refractivity (Wildman–Crippen MR) is 37.0 cm³/mol. The molecule has 0 amide bonds.